The molecule has 17 heavy (non-hydrogen) atoms. The minimum Gasteiger partial charge on any atom is -0.326 e. The Morgan fingerprint density at radius 1 is 1.41 bits per heavy atom. The van der Waals surface area contributed by atoms with Gasteiger partial charge >= 0.3 is 6.03 Å². The lowest BCUT2D eigenvalue weighted by molar-refractivity contribution is 0.217. The molecule has 0 spiro atoms. The predicted octanol–water partition coefficient (Wildman–Crippen LogP) is 2.16. The lowest BCUT2D eigenvalue weighted by Gasteiger charge is -2.20. The number of hydrogen-bond donors (Lipinski definition) is 2. The van der Waals surface area contributed by atoms with Gasteiger partial charge in [-0.1, -0.05) is 6.07 Å². The van der Waals surface area contributed by atoms with Crippen molar-refractivity contribution in [2.45, 2.75) is 20.4 Å². The number of rotatable bonds is 4. The van der Waals surface area contributed by atoms with Gasteiger partial charge in [0.15, 0.2) is 0 Å². The highest BCUT2D eigenvalue weighted by molar-refractivity contribution is 5.90. The molecule has 0 heterocycles. The normalized spacial score (nSPS) is 10.1. The van der Waals surface area contributed by atoms with Crippen LogP contribution >= 0.6 is 0 Å². The van der Waals surface area contributed by atoms with Gasteiger partial charge in [-0.2, -0.15) is 0 Å². The van der Waals surface area contributed by atoms with Crippen molar-refractivity contribution < 1.29 is 9.18 Å². The van der Waals surface area contributed by atoms with E-state index < -0.39 is 5.82 Å². The van der Waals surface area contributed by atoms with E-state index >= 15 is 0 Å². The lowest BCUT2D eigenvalue weighted by Crippen LogP contribution is -2.34. The number of nitrogens with one attached hydrogen (secondary N) is 1. The fourth-order valence-electron chi connectivity index (χ4n) is 1.59. The molecular weight excluding hydrogens is 221 g/mol. The van der Waals surface area contributed by atoms with E-state index in [4.69, 9.17) is 5.73 Å². The summed E-state index contributed by atoms with van der Waals surface area (Å²) in [6.45, 7) is 5.04. The van der Waals surface area contributed by atoms with Crippen LogP contribution in [-0.2, 0) is 6.54 Å². The molecule has 0 bridgehead atoms. The zero-order valence-electron chi connectivity index (χ0n) is 10.2. The smallest absolute Gasteiger partial charge is 0.321 e. The average Bonchev–Trinajstić information content (AvgIpc) is 2.31. The molecular formula is C12H18FN3O. The van der Waals surface area contributed by atoms with Crippen molar-refractivity contribution in [2.24, 2.45) is 5.73 Å². The molecule has 4 nitrogen and oxygen atoms in total. The Morgan fingerprint density at radius 2 is 2.06 bits per heavy atom. The van der Waals surface area contributed by atoms with E-state index in [1.165, 1.54) is 6.07 Å². The van der Waals surface area contributed by atoms with Gasteiger partial charge < -0.3 is 16.0 Å². The van der Waals surface area contributed by atoms with Crippen LogP contribution in [0.4, 0.5) is 14.9 Å². The van der Waals surface area contributed by atoms with Crippen LogP contribution in [0.3, 0.4) is 0 Å². The quantitative estimate of drug-likeness (QED) is 0.845. The van der Waals surface area contributed by atoms with Crippen molar-refractivity contribution in [3.8, 4) is 0 Å². The highest BCUT2D eigenvalue weighted by Gasteiger charge is 2.13. The number of nitrogens with two attached hydrogens (primary N) is 1. The Bertz CT molecular complexity index is 391. The van der Waals surface area contributed by atoms with E-state index in [0.29, 0.717) is 24.3 Å². The standard InChI is InChI=1S/C12H18FN3O/c1-3-16(4-2)12(17)15-11-7-5-6-10(13)9(11)8-14/h5-7H,3-4,8,14H2,1-2H3,(H,15,17). The largest absolute Gasteiger partial charge is 0.326 e. The number of urea groups is 1. The van der Waals surface area contributed by atoms with Crippen LogP contribution in [0.1, 0.15) is 19.4 Å². The number of halogens is 1. The van der Waals surface area contributed by atoms with Crippen molar-refractivity contribution in [1.82, 2.24) is 4.90 Å². The minimum atomic E-state index is -0.398. The molecule has 0 aliphatic carbocycles. The van der Waals surface area contributed by atoms with Gasteiger partial charge in [-0.25, -0.2) is 9.18 Å². The van der Waals surface area contributed by atoms with Crippen LogP contribution in [0.25, 0.3) is 0 Å². The Labute approximate surface area is 101 Å². The maximum absolute atomic E-state index is 13.4. The molecule has 5 heteroatoms. The second-order valence-electron chi connectivity index (χ2n) is 3.57. The third-order valence-electron chi connectivity index (χ3n) is 2.62. The van der Waals surface area contributed by atoms with E-state index in [1.54, 1.807) is 17.0 Å². The Balaban J connectivity index is 2.88. The zero-order valence-corrected chi connectivity index (χ0v) is 10.2. The summed E-state index contributed by atoms with van der Waals surface area (Å²) in [5, 5.41) is 2.67. The molecule has 1 aromatic carbocycles. The number of nitrogens with zero attached hydrogens (tertiary/aromatic N) is 1. The van der Waals surface area contributed by atoms with Gasteiger partial charge in [-0.15, -0.1) is 0 Å². The monoisotopic (exact) mass is 239 g/mol. The first kappa shape index (κ1) is 13.4. The molecule has 94 valence electrons. The summed E-state index contributed by atoms with van der Waals surface area (Å²) < 4.78 is 13.4. The first-order chi connectivity index (χ1) is 8.13. The Kier molecular flexibility index (Phi) is 4.90. The van der Waals surface area contributed by atoms with Gasteiger partial charge in [0.2, 0.25) is 0 Å². The molecule has 0 saturated carbocycles. The van der Waals surface area contributed by atoms with Gasteiger partial charge in [-0.3, -0.25) is 0 Å². The number of benzene rings is 1. The van der Waals surface area contributed by atoms with Crippen LogP contribution in [-0.4, -0.2) is 24.0 Å². The topological polar surface area (TPSA) is 58.4 Å². The fraction of sp³-hybridized carbons (Fsp3) is 0.417. The molecule has 0 aliphatic rings. The molecule has 1 aromatic rings. The van der Waals surface area contributed by atoms with Crippen LogP contribution in [0.15, 0.2) is 18.2 Å². The van der Waals surface area contributed by atoms with E-state index in [9.17, 15) is 9.18 Å². The highest BCUT2D eigenvalue weighted by atomic mass is 19.1. The summed E-state index contributed by atoms with van der Waals surface area (Å²) in [6.07, 6.45) is 0. The maximum atomic E-state index is 13.4. The summed E-state index contributed by atoms with van der Waals surface area (Å²) in [5.41, 5.74) is 6.22. The molecule has 0 saturated heterocycles. The number of carbonyl (C=O) groups excluding carboxylic acids is 1. The lowest BCUT2D eigenvalue weighted by atomic mass is 10.1. The van der Waals surface area contributed by atoms with Gasteiger partial charge in [0.25, 0.3) is 0 Å². The third kappa shape index (κ3) is 3.17. The number of hydrogen-bond acceptors (Lipinski definition) is 2. The van der Waals surface area contributed by atoms with Gasteiger partial charge in [-0.05, 0) is 26.0 Å². The second-order valence-corrected chi connectivity index (χ2v) is 3.57. The van der Waals surface area contributed by atoms with E-state index in [0.717, 1.165) is 0 Å². The van der Waals surface area contributed by atoms with Crippen LogP contribution in [0.2, 0.25) is 0 Å². The van der Waals surface area contributed by atoms with Crippen LogP contribution in [0, 0.1) is 5.82 Å². The van der Waals surface area contributed by atoms with Crippen molar-refractivity contribution >= 4 is 11.7 Å². The van der Waals surface area contributed by atoms with E-state index in [2.05, 4.69) is 5.32 Å². The first-order valence-corrected chi connectivity index (χ1v) is 5.67. The van der Waals surface area contributed by atoms with Gasteiger partial charge in [0.05, 0.1) is 0 Å². The molecule has 0 fully saturated rings. The molecule has 0 aliphatic heterocycles. The van der Waals surface area contributed by atoms with Crippen LogP contribution in [0.5, 0.6) is 0 Å². The van der Waals surface area contributed by atoms with Crippen molar-refractivity contribution in [3.05, 3.63) is 29.6 Å². The predicted molar refractivity (Wildman–Crippen MR) is 66.2 cm³/mol. The zero-order chi connectivity index (χ0) is 12.8. The summed E-state index contributed by atoms with van der Waals surface area (Å²) in [4.78, 5) is 13.4. The maximum Gasteiger partial charge on any atom is 0.321 e. The first-order valence-electron chi connectivity index (χ1n) is 5.67. The minimum absolute atomic E-state index is 0.0561. The molecule has 3 N–H and O–H groups in total. The fourth-order valence-corrected chi connectivity index (χ4v) is 1.59. The molecule has 2 amide bonds. The van der Waals surface area contributed by atoms with E-state index in [1.807, 2.05) is 13.8 Å². The highest BCUT2D eigenvalue weighted by Crippen LogP contribution is 2.18. The second kappa shape index (κ2) is 6.20. The third-order valence-corrected chi connectivity index (χ3v) is 2.62. The summed E-state index contributed by atoms with van der Waals surface area (Å²) in [6, 6.07) is 4.28. The number of amides is 2. The molecule has 0 radical (unpaired) electrons. The molecule has 0 aromatic heterocycles. The number of anilines is 1. The van der Waals surface area contributed by atoms with Gasteiger partial charge in [0, 0.05) is 30.9 Å². The van der Waals surface area contributed by atoms with E-state index in [-0.39, 0.29) is 12.6 Å². The SMILES string of the molecule is CCN(CC)C(=O)Nc1cccc(F)c1CN. The summed E-state index contributed by atoms with van der Waals surface area (Å²) >= 11 is 0. The van der Waals surface area contributed by atoms with Crippen molar-refractivity contribution in [1.29, 1.82) is 0 Å². The van der Waals surface area contributed by atoms with Crippen molar-refractivity contribution in [2.75, 3.05) is 18.4 Å². The van der Waals surface area contributed by atoms with Crippen LogP contribution < -0.4 is 11.1 Å². The Morgan fingerprint density at radius 3 is 2.59 bits per heavy atom. The Hall–Kier alpha value is -1.62. The van der Waals surface area contributed by atoms with Gasteiger partial charge in [0.1, 0.15) is 5.82 Å². The molecule has 1 rings (SSSR count). The summed E-state index contributed by atoms with van der Waals surface area (Å²) in [7, 11) is 0. The average molecular weight is 239 g/mol. The summed E-state index contributed by atoms with van der Waals surface area (Å²) in [5.74, 6) is -0.398. The number of carbonyl (C=O) groups is 1. The van der Waals surface area contributed by atoms with Crippen molar-refractivity contribution in [3.63, 3.8) is 0 Å². The molecule has 0 unspecified atom stereocenters. The molecule has 0 atom stereocenters.